The molecule has 13 heteroatoms. The molecule has 41 heavy (non-hydrogen) atoms. The van der Waals surface area contributed by atoms with Crippen molar-refractivity contribution < 1.29 is 22.7 Å². The molecule has 0 aliphatic carbocycles. The minimum atomic E-state index is -4.56. The molecule has 0 unspecified atom stereocenters. The molecule has 8 nitrogen and oxygen atoms in total. The number of aromatic nitrogens is 5. The maximum Gasteiger partial charge on any atom is 0.434 e. The third-order valence-electron chi connectivity index (χ3n) is 7.09. The quantitative estimate of drug-likeness (QED) is 0.212. The van der Waals surface area contributed by atoms with Gasteiger partial charge in [0.05, 0.1) is 37.1 Å². The summed E-state index contributed by atoms with van der Waals surface area (Å²) in [7, 11) is 0. The number of carbonyl (C=O) groups is 1. The summed E-state index contributed by atoms with van der Waals surface area (Å²) in [6, 6.07) is 10.5. The number of anilines is 1. The zero-order valence-corrected chi connectivity index (χ0v) is 25.0. The average molecular weight is 692 g/mol. The van der Waals surface area contributed by atoms with Gasteiger partial charge in [0.15, 0.2) is 14.8 Å². The predicted octanol–water partition coefficient (Wildman–Crippen LogP) is 6.61. The fourth-order valence-corrected chi connectivity index (χ4v) is 5.86. The Morgan fingerprint density at radius 3 is 2.46 bits per heavy atom. The summed E-state index contributed by atoms with van der Waals surface area (Å²) in [5.74, 6) is 0.999. The highest BCUT2D eigenvalue weighted by Crippen LogP contribution is 2.50. The molecule has 3 aromatic heterocycles. The second kappa shape index (κ2) is 10.3. The Balaban J connectivity index is 1.32. The first-order valence-corrected chi connectivity index (χ1v) is 14.4. The van der Waals surface area contributed by atoms with Gasteiger partial charge in [0.25, 0.3) is 5.91 Å². The minimum Gasteiger partial charge on any atom is -0.377 e. The van der Waals surface area contributed by atoms with E-state index in [1.165, 1.54) is 4.57 Å². The van der Waals surface area contributed by atoms with Crippen molar-refractivity contribution >= 4 is 43.6 Å². The summed E-state index contributed by atoms with van der Waals surface area (Å²) in [5.41, 5.74) is 2.55. The van der Waals surface area contributed by atoms with Gasteiger partial charge in [0, 0.05) is 29.7 Å². The zero-order valence-electron chi connectivity index (χ0n) is 21.9. The monoisotopic (exact) mass is 690 g/mol. The Hall–Kier alpha value is -3.16. The first-order chi connectivity index (χ1) is 19.4. The van der Waals surface area contributed by atoms with E-state index in [1.54, 1.807) is 41.6 Å². The summed E-state index contributed by atoms with van der Waals surface area (Å²) in [6.45, 7) is 4.92. The van der Waals surface area contributed by atoms with Crippen LogP contribution >= 0.6 is 31.9 Å². The van der Waals surface area contributed by atoms with Gasteiger partial charge in [-0.1, -0.05) is 70.0 Å². The number of hydrogen-bond acceptors (Lipinski definition) is 6. The molecule has 212 valence electrons. The lowest BCUT2D eigenvalue weighted by atomic mass is 10.0. The molecule has 2 aliphatic rings. The number of ether oxygens (including phenoxy) is 1. The third kappa shape index (κ3) is 4.97. The highest BCUT2D eigenvalue weighted by atomic mass is 79.9. The first kappa shape index (κ1) is 28.0. The number of benzene rings is 1. The van der Waals surface area contributed by atoms with E-state index in [1.807, 2.05) is 26.0 Å². The molecule has 0 radical (unpaired) electrons. The Morgan fingerprint density at radius 2 is 1.83 bits per heavy atom. The zero-order chi connectivity index (χ0) is 29.1. The van der Waals surface area contributed by atoms with Gasteiger partial charge in [-0.2, -0.15) is 13.2 Å². The van der Waals surface area contributed by atoms with Crippen molar-refractivity contribution in [3.63, 3.8) is 0 Å². The molecular weight excluding hydrogens is 669 g/mol. The van der Waals surface area contributed by atoms with Crippen molar-refractivity contribution in [2.24, 2.45) is 0 Å². The number of rotatable bonds is 6. The predicted molar refractivity (Wildman–Crippen MR) is 153 cm³/mol. The van der Waals surface area contributed by atoms with E-state index in [0.717, 1.165) is 23.0 Å². The van der Waals surface area contributed by atoms with Crippen LogP contribution in [0.5, 0.6) is 0 Å². The molecule has 4 aromatic rings. The van der Waals surface area contributed by atoms with Gasteiger partial charge in [-0.25, -0.2) is 15.0 Å². The van der Waals surface area contributed by atoms with Crippen LogP contribution in [0.1, 0.15) is 48.3 Å². The van der Waals surface area contributed by atoms with Gasteiger partial charge in [-0.15, -0.1) is 0 Å². The van der Waals surface area contributed by atoms with Crippen LogP contribution in [0.2, 0.25) is 0 Å². The number of imidazole rings is 1. The fraction of sp³-hybridized carbons (Fsp3) is 0.321. The van der Waals surface area contributed by atoms with E-state index in [9.17, 15) is 18.0 Å². The smallest absolute Gasteiger partial charge is 0.377 e. The lowest BCUT2D eigenvalue weighted by Crippen LogP contribution is -2.32. The van der Waals surface area contributed by atoms with E-state index in [2.05, 4.69) is 46.8 Å². The Labute approximate surface area is 250 Å². The second-order valence-electron chi connectivity index (χ2n) is 10.2. The Bertz CT molecular complexity index is 1630. The molecule has 0 N–H and O–H groups in total. The molecule has 6 rings (SSSR count). The first-order valence-electron chi connectivity index (χ1n) is 12.8. The highest BCUT2D eigenvalue weighted by molar-refractivity contribution is 9.25. The van der Waals surface area contributed by atoms with E-state index in [0.29, 0.717) is 36.0 Å². The molecule has 1 saturated heterocycles. The third-order valence-corrected chi connectivity index (χ3v) is 8.62. The van der Waals surface area contributed by atoms with Crippen LogP contribution in [0.4, 0.5) is 19.0 Å². The number of carbonyl (C=O) groups excluding carboxylic acids is 1. The van der Waals surface area contributed by atoms with Crippen LogP contribution in [0.3, 0.4) is 0 Å². The Morgan fingerprint density at radius 1 is 1.10 bits per heavy atom. The standard InChI is InChI=1S/C28H23Br2F3N6O2/c1-15(2)22-19(4-3-9-34-22)23-35-10-20-25(37-23)39(26(40)27(20,29)30)11-16-5-7-17(8-6-16)24-36-21(28(31,32)33)12-38(24)18-13-41-14-18/h3-10,12,15,18H,11,13-14H2,1-2H3. The van der Waals surface area contributed by atoms with Crippen molar-refractivity contribution in [1.29, 1.82) is 0 Å². The van der Waals surface area contributed by atoms with Gasteiger partial charge in [-0.3, -0.25) is 14.7 Å². The van der Waals surface area contributed by atoms with Crippen LogP contribution in [0, 0.1) is 0 Å². The van der Waals surface area contributed by atoms with Crippen molar-refractivity contribution in [2.75, 3.05) is 18.1 Å². The molecule has 5 heterocycles. The number of hydrogen-bond donors (Lipinski definition) is 0. The number of halogens is 5. The van der Waals surface area contributed by atoms with Gasteiger partial charge >= 0.3 is 6.18 Å². The average Bonchev–Trinajstić information content (AvgIpc) is 3.42. The molecular formula is C28H23Br2F3N6O2. The molecule has 0 spiro atoms. The van der Waals surface area contributed by atoms with E-state index >= 15 is 0 Å². The number of nitrogens with zero attached hydrogens (tertiary/aromatic N) is 6. The Kier molecular flexibility index (Phi) is 7.02. The minimum absolute atomic E-state index is 0.144. The lowest BCUT2D eigenvalue weighted by Gasteiger charge is -2.28. The van der Waals surface area contributed by atoms with E-state index in [4.69, 9.17) is 9.72 Å². The van der Waals surface area contributed by atoms with Crippen molar-refractivity contribution in [2.45, 2.75) is 41.8 Å². The number of pyridine rings is 1. The summed E-state index contributed by atoms with van der Waals surface area (Å²) in [6.07, 6.45) is -0.171. The second-order valence-corrected chi connectivity index (χ2v) is 13.7. The van der Waals surface area contributed by atoms with E-state index < -0.39 is 15.1 Å². The van der Waals surface area contributed by atoms with Gasteiger partial charge < -0.3 is 9.30 Å². The maximum atomic E-state index is 13.5. The van der Waals surface area contributed by atoms with Crippen LogP contribution in [0.15, 0.2) is 55.0 Å². The van der Waals surface area contributed by atoms with Crippen LogP contribution in [-0.4, -0.2) is 43.6 Å². The number of amides is 1. The van der Waals surface area contributed by atoms with Gasteiger partial charge in [-0.05, 0) is 23.6 Å². The molecule has 2 aliphatic heterocycles. The van der Waals surface area contributed by atoms with Crippen LogP contribution in [-0.2, 0) is 25.5 Å². The van der Waals surface area contributed by atoms with Crippen molar-refractivity contribution in [1.82, 2.24) is 24.5 Å². The normalized spacial score (nSPS) is 16.8. The molecule has 1 amide bonds. The molecule has 1 fully saturated rings. The van der Waals surface area contributed by atoms with Crippen LogP contribution < -0.4 is 4.90 Å². The van der Waals surface area contributed by atoms with Crippen LogP contribution in [0.25, 0.3) is 22.8 Å². The number of alkyl halides is 5. The molecule has 0 saturated carbocycles. The summed E-state index contributed by atoms with van der Waals surface area (Å²) < 4.78 is 45.8. The highest BCUT2D eigenvalue weighted by Gasteiger charge is 2.49. The summed E-state index contributed by atoms with van der Waals surface area (Å²) in [4.78, 5) is 32.8. The van der Waals surface area contributed by atoms with Gasteiger partial charge in [0.1, 0.15) is 11.6 Å². The van der Waals surface area contributed by atoms with Crippen molar-refractivity contribution in [3.05, 3.63) is 77.5 Å². The summed E-state index contributed by atoms with van der Waals surface area (Å²) >= 11 is 6.99. The lowest BCUT2D eigenvalue weighted by molar-refractivity contribution is -0.141. The van der Waals surface area contributed by atoms with E-state index in [-0.39, 0.29) is 30.2 Å². The fourth-order valence-electron chi connectivity index (χ4n) is 4.87. The van der Waals surface area contributed by atoms with Crippen molar-refractivity contribution in [3.8, 4) is 22.8 Å². The molecule has 1 aromatic carbocycles. The maximum absolute atomic E-state index is 13.5. The molecule has 0 atom stereocenters. The summed E-state index contributed by atoms with van der Waals surface area (Å²) in [5, 5.41) is 0. The number of fused-ring (bicyclic) bond motifs is 1. The SMILES string of the molecule is CC(C)c1ncccc1-c1ncc2c(n1)N(Cc1ccc(-c3nc(C(F)(F)F)cn3C3COC3)cc1)C(=O)C2(Br)Br. The molecule has 0 bridgehead atoms. The van der Waals surface area contributed by atoms with Gasteiger partial charge in [0.2, 0.25) is 0 Å². The largest absolute Gasteiger partial charge is 0.434 e. The topological polar surface area (TPSA) is 86.0 Å².